The number of halogens is 1. The van der Waals surface area contributed by atoms with Gasteiger partial charge in [-0.25, -0.2) is 4.39 Å². The molecule has 1 amide bonds. The van der Waals surface area contributed by atoms with Crippen LogP contribution in [0.25, 0.3) is 0 Å². The number of rotatable bonds is 9. The molecule has 0 bridgehead atoms. The first kappa shape index (κ1) is 16.4. The molecule has 0 spiro atoms. The largest absolute Gasteiger partial charge is 0.382 e. The molecule has 0 aliphatic carbocycles. The number of unbranched alkanes of at least 4 members (excludes halogenated alkanes) is 1. The number of ether oxygens (including phenoxy) is 1. The molecule has 0 radical (unpaired) electrons. The first-order valence-electron chi connectivity index (χ1n) is 7.09. The fourth-order valence-electron chi connectivity index (χ4n) is 1.75. The van der Waals surface area contributed by atoms with Gasteiger partial charge in [-0.15, -0.1) is 0 Å². The number of hydrogen-bond acceptors (Lipinski definition) is 3. The maximum atomic E-state index is 13.7. The minimum atomic E-state index is -0.418. The van der Waals surface area contributed by atoms with Crippen LogP contribution < -0.4 is 10.6 Å². The molecule has 0 aliphatic rings. The highest BCUT2D eigenvalue weighted by atomic mass is 19.1. The molecule has 0 unspecified atom stereocenters. The van der Waals surface area contributed by atoms with Gasteiger partial charge in [0, 0.05) is 19.7 Å². The monoisotopic (exact) mass is 282 g/mol. The lowest BCUT2D eigenvalue weighted by Gasteiger charge is -2.12. The molecule has 0 atom stereocenters. The molecule has 20 heavy (non-hydrogen) atoms. The fraction of sp³-hybridized carbons (Fsp3) is 0.533. The van der Waals surface area contributed by atoms with Crippen LogP contribution in [-0.2, 0) is 4.74 Å². The maximum absolute atomic E-state index is 13.7. The zero-order valence-corrected chi connectivity index (χ0v) is 12.2. The van der Waals surface area contributed by atoms with E-state index >= 15 is 0 Å². The van der Waals surface area contributed by atoms with Gasteiger partial charge in [0.05, 0.1) is 17.9 Å². The summed E-state index contributed by atoms with van der Waals surface area (Å²) in [5.74, 6) is -0.710. The molecular weight excluding hydrogens is 259 g/mol. The highest BCUT2D eigenvalue weighted by molar-refractivity contribution is 5.99. The van der Waals surface area contributed by atoms with Crippen molar-refractivity contribution >= 4 is 11.6 Å². The van der Waals surface area contributed by atoms with E-state index in [2.05, 4.69) is 17.6 Å². The van der Waals surface area contributed by atoms with Gasteiger partial charge in [0.2, 0.25) is 0 Å². The number of anilines is 1. The molecule has 0 fully saturated rings. The lowest BCUT2D eigenvalue weighted by Crippen LogP contribution is -2.28. The molecule has 1 aromatic carbocycles. The Morgan fingerprint density at radius 2 is 2.10 bits per heavy atom. The average Bonchev–Trinajstić information content (AvgIpc) is 2.45. The summed E-state index contributed by atoms with van der Waals surface area (Å²) in [5, 5.41) is 5.61. The third kappa shape index (κ3) is 5.17. The molecule has 4 nitrogen and oxygen atoms in total. The first-order chi connectivity index (χ1) is 9.70. The topological polar surface area (TPSA) is 50.4 Å². The number of hydrogen-bond donors (Lipinski definition) is 2. The summed E-state index contributed by atoms with van der Waals surface area (Å²) in [6.45, 7) is 6.10. The summed E-state index contributed by atoms with van der Waals surface area (Å²) in [6, 6.07) is 4.47. The quantitative estimate of drug-likeness (QED) is 0.685. The Morgan fingerprint density at radius 1 is 1.30 bits per heavy atom. The second-order valence-electron chi connectivity index (χ2n) is 4.41. The van der Waals surface area contributed by atoms with Crippen LogP contribution in [0.5, 0.6) is 0 Å². The Balaban J connectivity index is 2.49. The maximum Gasteiger partial charge on any atom is 0.253 e. The van der Waals surface area contributed by atoms with Gasteiger partial charge in [0.25, 0.3) is 5.91 Å². The average molecular weight is 282 g/mol. The van der Waals surface area contributed by atoms with E-state index in [0.717, 1.165) is 12.8 Å². The van der Waals surface area contributed by atoms with Gasteiger partial charge < -0.3 is 15.4 Å². The number of carbonyl (C=O) groups excluding carboxylic acids is 1. The van der Waals surface area contributed by atoms with E-state index in [1.165, 1.54) is 12.1 Å². The third-order valence-corrected chi connectivity index (χ3v) is 2.79. The zero-order valence-electron chi connectivity index (χ0n) is 12.2. The van der Waals surface area contributed by atoms with Crippen LogP contribution in [-0.4, -0.2) is 32.2 Å². The van der Waals surface area contributed by atoms with Crippen molar-refractivity contribution in [1.82, 2.24) is 5.32 Å². The Labute approximate surface area is 119 Å². The van der Waals surface area contributed by atoms with E-state index in [-0.39, 0.29) is 11.6 Å². The van der Waals surface area contributed by atoms with Crippen molar-refractivity contribution in [1.29, 1.82) is 0 Å². The highest BCUT2D eigenvalue weighted by Gasteiger charge is 2.13. The number of benzene rings is 1. The van der Waals surface area contributed by atoms with Crippen LogP contribution in [0.1, 0.15) is 37.0 Å². The number of para-hydroxylation sites is 1. The Bertz CT molecular complexity index is 424. The second-order valence-corrected chi connectivity index (χ2v) is 4.41. The Kier molecular flexibility index (Phi) is 7.65. The lowest BCUT2D eigenvalue weighted by atomic mass is 10.1. The predicted molar refractivity (Wildman–Crippen MR) is 78.6 cm³/mol. The van der Waals surface area contributed by atoms with Gasteiger partial charge in [-0.3, -0.25) is 4.79 Å². The summed E-state index contributed by atoms with van der Waals surface area (Å²) in [6.07, 6.45) is 2.10. The zero-order chi connectivity index (χ0) is 14.8. The Hall–Kier alpha value is -1.62. The van der Waals surface area contributed by atoms with E-state index in [9.17, 15) is 9.18 Å². The molecule has 0 saturated carbocycles. The SMILES string of the molecule is CCCCOCCNC(=O)c1cccc(F)c1NCC. The molecule has 0 saturated heterocycles. The number of amides is 1. The molecule has 0 heterocycles. The molecule has 2 N–H and O–H groups in total. The van der Waals surface area contributed by atoms with E-state index in [4.69, 9.17) is 4.74 Å². The van der Waals surface area contributed by atoms with Crippen LogP contribution in [0.15, 0.2) is 18.2 Å². The van der Waals surface area contributed by atoms with Crippen molar-refractivity contribution in [2.45, 2.75) is 26.7 Å². The van der Waals surface area contributed by atoms with E-state index < -0.39 is 5.82 Å². The van der Waals surface area contributed by atoms with Gasteiger partial charge >= 0.3 is 0 Å². The smallest absolute Gasteiger partial charge is 0.253 e. The molecule has 0 aromatic heterocycles. The van der Waals surface area contributed by atoms with Gasteiger partial charge in [-0.2, -0.15) is 0 Å². The number of nitrogens with one attached hydrogen (secondary N) is 2. The summed E-state index contributed by atoms with van der Waals surface area (Å²) in [7, 11) is 0. The van der Waals surface area contributed by atoms with Crippen LogP contribution in [0.2, 0.25) is 0 Å². The normalized spacial score (nSPS) is 10.3. The van der Waals surface area contributed by atoms with Gasteiger partial charge in [0.1, 0.15) is 5.82 Å². The van der Waals surface area contributed by atoms with Crippen molar-refractivity contribution in [2.75, 3.05) is 31.6 Å². The third-order valence-electron chi connectivity index (χ3n) is 2.79. The van der Waals surface area contributed by atoms with Gasteiger partial charge in [-0.1, -0.05) is 19.4 Å². The molecule has 0 aliphatic heterocycles. The molecule has 112 valence electrons. The van der Waals surface area contributed by atoms with Crippen LogP contribution in [0.4, 0.5) is 10.1 Å². The van der Waals surface area contributed by atoms with E-state index in [1.807, 2.05) is 6.92 Å². The van der Waals surface area contributed by atoms with E-state index in [0.29, 0.717) is 31.9 Å². The van der Waals surface area contributed by atoms with Crippen molar-refractivity contribution < 1.29 is 13.9 Å². The van der Waals surface area contributed by atoms with Crippen molar-refractivity contribution in [2.24, 2.45) is 0 Å². The van der Waals surface area contributed by atoms with Crippen molar-refractivity contribution in [3.05, 3.63) is 29.6 Å². The summed E-state index contributed by atoms with van der Waals surface area (Å²) in [4.78, 5) is 12.0. The lowest BCUT2D eigenvalue weighted by molar-refractivity contribution is 0.0913. The standard InChI is InChI=1S/C15H23FN2O2/c1-3-5-10-20-11-9-18-15(19)12-7-6-8-13(16)14(12)17-4-2/h6-8,17H,3-5,9-11H2,1-2H3,(H,18,19). The summed E-state index contributed by atoms with van der Waals surface area (Å²) >= 11 is 0. The second kappa shape index (κ2) is 9.31. The van der Waals surface area contributed by atoms with Crippen LogP contribution in [0, 0.1) is 5.82 Å². The van der Waals surface area contributed by atoms with Gasteiger partial charge in [-0.05, 0) is 25.5 Å². The minimum absolute atomic E-state index is 0.249. The van der Waals surface area contributed by atoms with Crippen LogP contribution >= 0.6 is 0 Å². The predicted octanol–water partition coefficient (Wildman–Crippen LogP) is 2.80. The summed E-state index contributed by atoms with van der Waals surface area (Å²) in [5.41, 5.74) is 0.569. The highest BCUT2D eigenvalue weighted by Crippen LogP contribution is 2.19. The number of carbonyl (C=O) groups is 1. The molecular formula is C15H23FN2O2. The summed E-state index contributed by atoms with van der Waals surface area (Å²) < 4.78 is 19.0. The molecule has 1 rings (SSSR count). The van der Waals surface area contributed by atoms with Crippen LogP contribution in [0.3, 0.4) is 0 Å². The van der Waals surface area contributed by atoms with Gasteiger partial charge in [0.15, 0.2) is 0 Å². The van der Waals surface area contributed by atoms with E-state index in [1.54, 1.807) is 6.07 Å². The molecule has 5 heteroatoms. The van der Waals surface area contributed by atoms with Crippen molar-refractivity contribution in [3.8, 4) is 0 Å². The Morgan fingerprint density at radius 3 is 2.80 bits per heavy atom. The first-order valence-corrected chi connectivity index (χ1v) is 7.09. The fourth-order valence-corrected chi connectivity index (χ4v) is 1.75. The minimum Gasteiger partial charge on any atom is -0.382 e. The molecule has 1 aromatic rings. The van der Waals surface area contributed by atoms with Crippen molar-refractivity contribution in [3.63, 3.8) is 0 Å².